The third kappa shape index (κ3) is 2.89. The first-order chi connectivity index (χ1) is 8.49. The summed E-state index contributed by atoms with van der Waals surface area (Å²) in [7, 11) is 0. The van der Waals surface area contributed by atoms with Crippen molar-refractivity contribution in [3.05, 3.63) is 70.5 Å². The average Bonchev–Trinajstić information content (AvgIpc) is 2.32. The first-order valence-electron chi connectivity index (χ1n) is 5.71. The van der Waals surface area contributed by atoms with Crippen LogP contribution in [0.4, 0.5) is 4.39 Å². The van der Waals surface area contributed by atoms with Gasteiger partial charge in [-0.05, 0) is 30.7 Å². The van der Waals surface area contributed by atoms with Gasteiger partial charge in [0.2, 0.25) is 0 Å². The molecule has 1 N–H and O–H groups in total. The molecular weight excluding hydrogens is 251 g/mol. The van der Waals surface area contributed by atoms with E-state index >= 15 is 0 Å². The van der Waals surface area contributed by atoms with Crippen LogP contribution in [-0.4, -0.2) is 5.11 Å². The van der Waals surface area contributed by atoms with E-state index < -0.39 is 5.60 Å². The monoisotopic (exact) mass is 264 g/mol. The lowest BCUT2D eigenvalue weighted by molar-refractivity contribution is 0.0577. The largest absolute Gasteiger partial charge is 0.385 e. The van der Waals surface area contributed by atoms with E-state index in [9.17, 15) is 9.50 Å². The summed E-state index contributed by atoms with van der Waals surface area (Å²) in [6, 6.07) is 13.3. The van der Waals surface area contributed by atoms with Crippen LogP contribution in [0, 0.1) is 5.82 Å². The van der Waals surface area contributed by atoms with E-state index in [0.29, 0.717) is 17.0 Å². The summed E-state index contributed by atoms with van der Waals surface area (Å²) in [5, 5.41) is 11.0. The second-order valence-corrected chi connectivity index (χ2v) is 4.96. The number of halogens is 2. The van der Waals surface area contributed by atoms with E-state index in [1.165, 1.54) is 12.1 Å². The number of rotatable bonds is 3. The minimum absolute atomic E-state index is 0.281. The zero-order valence-electron chi connectivity index (χ0n) is 10.0. The quantitative estimate of drug-likeness (QED) is 0.891. The number of hydrogen-bond donors (Lipinski definition) is 1. The number of benzene rings is 2. The smallest absolute Gasteiger partial charge is 0.123 e. The Bertz CT molecular complexity index is 534. The maximum atomic E-state index is 12.8. The van der Waals surface area contributed by atoms with E-state index in [1.807, 2.05) is 12.1 Å². The second kappa shape index (κ2) is 5.09. The Hall–Kier alpha value is -1.38. The molecule has 2 rings (SSSR count). The van der Waals surface area contributed by atoms with Gasteiger partial charge in [0.25, 0.3) is 0 Å². The molecule has 0 aliphatic carbocycles. The molecule has 2 aromatic carbocycles. The van der Waals surface area contributed by atoms with E-state index in [2.05, 4.69) is 0 Å². The third-order valence-corrected chi connectivity index (χ3v) is 3.25. The predicted octanol–water partition coefficient (Wildman–Crippen LogP) is 3.93. The highest BCUT2D eigenvalue weighted by Crippen LogP contribution is 2.30. The van der Waals surface area contributed by atoms with Gasteiger partial charge in [0, 0.05) is 17.0 Å². The van der Waals surface area contributed by atoms with Crippen molar-refractivity contribution < 1.29 is 9.50 Å². The van der Waals surface area contributed by atoms with E-state index in [-0.39, 0.29) is 5.82 Å². The normalized spacial score (nSPS) is 14.2. The maximum Gasteiger partial charge on any atom is 0.123 e. The molecule has 1 nitrogen and oxygen atoms in total. The van der Waals surface area contributed by atoms with Crippen molar-refractivity contribution >= 4 is 11.6 Å². The SMILES string of the molecule is CC(O)(Cc1ccc(F)cc1)c1ccccc1Cl. The molecule has 1 unspecified atom stereocenters. The van der Waals surface area contributed by atoms with Gasteiger partial charge in [0.05, 0.1) is 5.60 Å². The van der Waals surface area contributed by atoms with Gasteiger partial charge >= 0.3 is 0 Å². The first kappa shape index (κ1) is 13.1. The van der Waals surface area contributed by atoms with Crippen LogP contribution in [0.25, 0.3) is 0 Å². The first-order valence-corrected chi connectivity index (χ1v) is 6.09. The van der Waals surface area contributed by atoms with Crippen molar-refractivity contribution in [2.75, 3.05) is 0 Å². The van der Waals surface area contributed by atoms with Crippen molar-refractivity contribution in [3.8, 4) is 0 Å². The fourth-order valence-electron chi connectivity index (χ4n) is 1.99. The Kier molecular flexibility index (Phi) is 3.69. The lowest BCUT2D eigenvalue weighted by Crippen LogP contribution is -2.24. The molecule has 0 aromatic heterocycles. The Labute approximate surface area is 111 Å². The van der Waals surface area contributed by atoms with Gasteiger partial charge in [0.15, 0.2) is 0 Å². The molecule has 1 atom stereocenters. The fourth-order valence-corrected chi connectivity index (χ4v) is 2.33. The zero-order chi connectivity index (χ0) is 13.2. The van der Waals surface area contributed by atoms with Crippen molar-refractivity contribution in [1.29, 1.82) is 0 Å². The van der Waals surface area contributed by atoms with E-state index in [1.54, 1.807) is 31.2 Å². The summed E-state index contributed by atoms with van der Waals surface area (Å²) < 4.78 is 12.8. The van der Waals surface area contributed by atoms with Gasteiger partial charge in [-0.15, -0.1) is 0 Å². The molecule has 2 aromatic rings. The average molecular weight is 265 g/mol. The van der Waals surface area contributed by atoms with E-state index in [0.717, 1.165) is 5.56 Å². The molecule has 3 heteroatoms. The van der Waals surface area contributed by atoms with Gasteiger partial charge in [-0.25, -0.2) is 4.39 Å². The Morgan fingerprint density at radius 1 is 1.11 bits per heavy atom. The molecule has 0 heterocycles. The Morgan fingerprint density at radius 3 is 2.33 bits per heavy atom. The van der Waals surface area contributed by atoms with Crippen LogP contribution in [0.5, 0.6) is 0 Å². The Balaban J connectivity index is 2.27. The van der Waals surface area contributed by atoms with Crippen molar-refractivity contribution in [2.45, 2.75) is 18.9 Å². The highest BCUT2D eigenvalue weighted by molar-refractivity contribution is 6.31. The third-order valence-electron chi connectivity index (χ3n) is 2.92. The van der Waals surface area contributed by atoms with Gasteiger partial charge in [-0.3, -0.25) is 0 Å². The molecular formula is C15H14ClFO. The van der Waals surface area contributed by atoms with Crippen molar-refractivity contribution in [2.24, 2.45) is 0 Å². The second-order valence-electron chi connectivity index (χ2n) is 4.56. The molecule has 18 heavy (non-hydrogen) atoms. The standard InChI is InChI=1S/C15H14ClFO/c1-15(18,13-4-2-3-5-14(13)16)10-11-6-8-12(17)9-7-11/h2-9,18H,10H2,1H3. The van der Waals surface area contributed by atoms with Crippen LogP contribution in [0.15, 0.2) is 48.5 Å². The minimum atomic E-state index is -1.07. The topological polar surface area (TPSA) is 20.2 Å². The summed E-state index contributed by atoms with van der Waals surface area (Å²) in [5.74, 6) is -0.281. The van der Waals surface area contributed by atoms with E-state index in [4.69, 9.17) is 11.6 Å². The lowest BCUT2D eigenvalue weighted by Gasteiger charge is -2.25. The van der Waals surface area contributed by atoms with Crippen LogP contribution in [0.3, 0.4) is 0 Å². The zero-order valence-corrected chi connectivity index (χ0v) is 10.8. The van der Waals surface area contributed by atoms with Crippen molar-refractivity contribution in [3.63, 3.8) is 0 Å². The summed E-state index contributed by atoms with van der Waals surface area (Å²) in [6.07, 6.45) is 0.386. The van der Waals surface area contributed by atoms with Gasteiger partial charge in [-0.1, -0.05) is 41.9 Å². The van der Waals surface area contributed by atoms with Crippen LogP contribution < -0.4 is 0 Å². The molecule has 0 fully saturated rings. The van der Waals surface area contributed by atoms with Gasteiger partial charge < -0.3 is 5.11 Å². The molecule has 0 amide bonds. The highest BCUT2D eigenvalue weighted by atomic mass is 35.5. The lowest BCUT2D eigenvalue weighted by atomic mass is 9.89. The Morgan fingerprint density at radius 2 is 1.72 bits per heavy atom. The minimum Gasteiger partial charge on any atom is -0.385 e. The van der Waals surface area contributed by atoms with Gasteiger partial charge in [-0.2, -0.15) is 0 Å². The van der Waals surface area contributed by atoms with Gasteiger partial charge in [0.1, 0.15) is 5.82 Å². The predicted molar refractivity (Wildman–Crippen MR) is 71.1 cm³/mol. The van der Waals surface area contributed by atoms with Crippen LogP contribution in [-0.2, 0) is 12.0 Å². The molecule has 94 valence electrons. The number of aliphatic hydroxyl groups is 1. The summed E-state index contributed by atoms with van der Waals surface area (Å²) in [6.45, 7) is 1.71. The molecule has 0 saturated heterocycles. The van der Waals surface area contributed by atoms with Crippen LogP contribution >= 0.6 is 11.6 Å². The summed E-state index contributed by atoms with van der Waals surface area (Å²) in [4.78, 5) is 0. The highest BCUT2D eigenvalue weighted by Gasteiger charge is 2.25. The molecule has 0 bridgehead atoms. The molecule has 0 saturated carbocycles. The molecule has 0 spiro atoms. The summed E-state index contributed by atoms with van der Waals surface area (Å²) in [5.41, 5.74) is 0.466. The van der Waals surface area contributed by atoms with Crippen molar-refractivity contribution in [1.82, 2.24) is 0 Å². The number of hydrogen-bond acceptors (Lipinski definition) is 1. The maximum absolute atomic E-state index is 12.8. The molecule has 0 aliphatic rings. The van der Waals surface area contributed by atoms with Crippen LogP contribution in [0.1, 0.15) is 18.1 Å². The van der Waals surface area contributed by atoms with Crippen LogP contribution in [0.2, 0.25) is 5.02 Å². The molecule has 0 aliphatic heterocycles. The molecule has 0 radical (unpaired) electrons. The fraction of sp³-hybridized carbons (Fsp3) is 0.200. The summed E-state index contributed by atoms with van der Waals surface area (Å²) >= 11 is 6.08.